The van der Waals surface area contributed by atoms with E-state index in [0.29, 0.717) is 0 Å². The molecule has 4 rings (SSSR count). The summed E-state index contributed by atoms with van der Waals surface area (Å²) in [5.74, 6) is 1.60. The average Bonchev–Trinajstić information content (AvgIpc) is 3.17. The van der Waals surface area contributed by atoms with Gasteiger partial charge in [-0.25, -0.2) is 14.6 Å². The zero-order valence-corrected chi connectivity index (χ0v) is 10.6. The number of hydrogen-bond donors (Lipinski definition) is 1. The number of H-pyrrole nitrogens is 1. The number of para-hydroxylation sites is 1. The summed E-state index contributed by atoms with van der Waals surface area (Å²) in [4.78, 5) is 12.2. The molecule has 92 valence electrons. The highest BCUT2D eigenvalue weighted by Gasteiger charge is 2.10. The molecular formula is C13H9N5S. The molecule has 0 aliphatic carbocycles. The van der Waals surface area contributed by atoms with Crippen molar-refractivity contribution in [2.24, 2.45) is 0 Å². The molecule has 0 aliphatic rings. The highest BCUT2D eigenvalue weighted by Crippen LogP contribution is 2.28. The van der Waals surface area contributed by atoms with Crippen molar-refractivity contribution in [1.29, 1.82) is 0 Å². The molecule has 5 nitrogen and oxygen atoms in total. The van der Waals surface area contributed by atoms with Gasteiger partial charge in [0.05, 0.1) is 16.4 Å². The van der Waals surface area contributed by atoms with Crippen molar-refractivity contribution in [3.8, 4) is 16.6 Å². The molecule has 0 aliphatic heterocycles. The minimum atomic E-state index is 0.770. The van der Waals surface area contributed by atoms with Crippen LogP contribution in [0.3, 0.4) is 0 Å². The van der Waals surface area contributed by atoms with Crippen molar-refractivity contribution >= 4 is 21.6 Å². The predicted molar refractivity (Wildman–Crippen MR) is 74.3 cm³/mol. The van der Waals surface area contributed by atoms with Gasteiger partial charge in [0.25, 0.3) is 0 Å². The SMILES string of the molecule is c1ccc2sc(-c3ncc(-n4cccn4)[nH]3)nc2c1. The number of nitrogens with zero attached hydrogens (tertiary/aromatic N) is 4. The van der Waals surface area contributed by atoms with Crippen molar-refractivity contribution in [1.82, 2.24) is 24.7 Å². The third kappa shape index (κ3) is 1.73. The lowest BCUT2D eigenvalue weighted by molar-refractivity contribution is 0.855. The topological polar surface area (TPSA) is 59.4 Å². The van der Waals surface area contributed by atoms with Crippen molar-refractivity contribution in [3.63, 3.8) is 0 Å². The maximum absolute atomic E-state index is 4.57. The van der Waals surface area contributed by atoms with Crippen LogP contribution in [0, 0.1) is 0 Å². The standard InChI is InChI=1S/C13H9N5S/c1-2-5-10-9(4-1)16-13(19-10)12-14-8-11(17-12)18-7-3-6-15-18/h1-8H,(H,14,17). The molecule has 1 aromatic carbocycles. The predicted octanol–water partition coefficient (Wildman–Crippen LogP) is 2.87. The Balaban J connectivity index is 1.80. The first-order chi connectivity index (χ1) is 9.40. The molecule has 0 saturated heterocycles. The number of nitrogens with one attached hydrogen (secondary N) is 1. The van der Waals surface area contributed by atoms with Gasteiger partial charge in [0.2, 0.25) is 0 Å². The van der Waals surface area contributed by atoms with E-state index in [0.717, 1.165) is 26.9 Å². The summed E-state index contributed by atoms with van der Waals surface area (Å²) in [7, 11) is 0. The molecule has 0 radical (unpaired) electrons. The summed E-state index contributed by atoms with van der Waals surface area (Å²) in [5, 5.41) is 5.05. The Kier molecular flexibility index (Phi) is 2.22. The minimum absolute atomic E-state index is 0.770. The Morgan fingerprint density at radius 2 is 2.11 bits per heavy atom. The first-order valence-corrected chi connectivity index (χ1v) is 6.63. The monoisotopic (exact) mass is 267 g/mol. The Morgan fingerprint density at radius 3 is 2.95 bits per heavy atom. The summed E-state index contributed by atoms with van der Waals surface area (Å²) < 4.78 is 2.90. The number of benzene rings is 1. The van der Waals surface area contributed by atoms with Crippen molar-refractivity contribution in [3.05, 3.63) is 48.9 Å². The summed E-state index contributed by atoms with van der Waals surface area (Å²) >= 11 is 1.63. The van der Waals surface area contributed by atoms with Gasteiger partial charge in [-0.1, -0.05) is 12.1 Å². The van der Waals surface area contributed by atoms with Crippen molar-refractivity contribution < 1.29 is 0 Å². The second-order valence-corrected chi connectivity index (χ2v) is 5.09. The van der Waals surface area contributed by atoms with E-state index in [1.54, 1.807) is 28.4 Å². The fourth-order valence-corrected chi connectivity index (χ4v) is 2.84. The van der Waals surface area contributed by atoms with E-state index in [1.165, 1.54) is 0 Å². The molecule has 3 heterocycles. The lowest BCUT2D eigenvalue weighted by atomic mass is 10.3. The van der Waals surface area contributed by atoms with Gasteiger partial charge >= 0.3 is 0 Å². The van der Waals surface area contributed by atoms with Crippen molar-refractivity contribution in [2.75, 3.05) is 0 Å². The Labute approximate surface area is 112 Å². The summed E-state index contributed by atoms with van der Waals surface area (Å²) in [5.41, 5.74) is 1.000. The van der Waals surface area contributed by atoms with Crippen LogP contribution in [0.5, 0.6) is 0 Å². The number of fused-ring (bicyclic) bond motifs is 1. The molecule has 0 saturated carbocycles. The van der Waals surface area contributed by atoms with E-state index in [2.05, 4.69) is 26.1 Å². The summed E-state index contributed by atoms with van der Waals surface area (Å²) in [6.45, 7) is 0. The molecule has 0 bridgehead atoms. The zero-order chi connectivity index (χ0) is 12.7. The number of rotatable bonds is 2. The van der Waals surface area contributed by atoms with Gasteiger partial charge in [-0.2, -0.15) is 5.10 Å². The maximum Gasteiger partial charge on any atom is 0.168 e. The van der Waals surface area contributed by atoms with Crippen LogP contribution >= 0.6 is 11.3 Å². The highest BCUT2D eigenvalue weighted by atomic mass is 32.1. The number of thiazole rings is 1. The van der Waals surface area contributed by atoms with Gasteiger partial charge in [-0.15, -0.1) is 11.3 Å². The first kappa shape index (κ1) is 10.5. The van der Waals surface area contributed by atoms with E-state index in [9.17, 15) is 0 Å². The lowest BCUT2D eigenvalue weighted by Gasteiger charge is -1.93. The second-order valence-electron chi connectivity index (χ2n) is 4.05. The summed E-state index contributed by atoms with van der Waals surface area (Å²) in [6, 6.07) is 9.95. The van der Waals surface area contributed by atoms with Crippen LogP contribution in [0.1, 0.15) is 0 Å². The van der Waals surface area contributed by atoms with Crippen LogP contribution < -0.4 is 0 Å². The van der Waals surface area contributed by atoms with Gasteiger partial charge in [0.15, 0.2) is 16.6 Å². The molecule has 0 amide bonds. The molecular weight excluding hydrogens is 258 g/mol. The molecule has 0 atom stereocenters. The molecule has 0 fully saturated rings. The fourth-order valence-electron chi connectivity index (χ4n) is 1.92. The normalized spacial score (nSPS) is 11.2. The molecule has 4 aromatic rings. The summed E-state index contributed by atoms with van der Waals surface area (Å²) in [6.07, 6.45) is 5.36. The van der Waals surface area contributed by atoms with Crippen LogP contribution in [-0.2, 0) is 0 Å². The van der Waals surface area contributed by atoms with Gasteiger partial charge < -0.3 is 4.98 Å². The minimum Gasteiger partial charge on any atom is -0.321 e. The van der Waals surface area contributed by atoms with Crippen LogP contribution in [-0.4, -0.2) is 24.7 Å². The number of aromatic amines is 1. The van der Waals surface area contributed by atoms with Crippen LogP contribution in [0.15, 0.2) is 48.9 Å². The Hall–Kier alpha value is -2.47. The third-order valence-electron chi connectivity index (χ3n) is 2.81. The molecule has 19 heavy (non-hydrogen) atoms. The van der Waals surface area contributed by atoms with E-state index >= 15 is 0 Å². The molecule has 6 heteroatoms. The van der Waals surface area contributed by atoms with Crippen LogP contribution in [0.25, 0.3) is 26.9 Å². The smallest absolute Gasteiger partial charge is 0.168 e. The number of aromatic nitrogens is 5. The van der Waals surface area contributed by atoms with Gasteiger partial charge in [-0.05, 0) is 18.2 Å². The highest BCUT2D eigenvalue weighted by molar-refractivity contribution is 7.21. The Morgan fingerprint density at radius 1 is 1.16 bits per heavy atom. The second kappa shape index (κ2) is 4.03. The molecule has 0 unspecified atom stereocenters. The maximum atomic E-state index is 4.57. The van der Waals surface area contributed by atoms with Crippen molar-refractivity contribution in [2.45, 2.75) is 0 Å². The first-order valence-electron chi connectivity index (χ1n) is 5.81. The van der Waals surface area contributed by atoms with E-state index in [1.807, 2.05) is 30.5 Å². The third-order valence-corrected chi connectivity index (χ3v) is 3.85. The molecule has 3 aromatic heterocycles. The van der Waals surface area contributed by atoms with E-state index in [4.69, 9.17) is 0 Å². The van der Waals surface area contributed by atoms with Gasteiger partial charge in [-0.3, -0.25) is 0 Å². The fraction of sp³-hybridized carbons (Fsp3) is 0. The van der Waals surface area contributed by atoms with Crippen LogP contribution in [0.2, 0.25) is 0 Å². The molecule has 1 N–H and O–H groups in total. The van der Waals surface area contributed by atoms with Crippen LogP contribution in [0.4, 0.5) is 0 Å². The quantitative estimate of drug-likeness (QED) is 0.607. The average molecular weight is 267 g/mol. The van der Waals surface area contributed by atoms with Gasteiger partial charge in [0.1, 0.15) is 0 Å². The zero-order valence-electron chi connectivity index (χ0n) is 9.82. The molecule has 0 spiro atoms. The Bertz CT molecular complexity index is 795. The lowest BCUT2D eigenvalue weighted by Crippen LogP contribution is -1.93. The van der Waals surface area contributed by atoms with E-state index in [-0.39, 0.29) is 0 Å². The van der Waals surface area contributed by atoms with E-state index < -0.39 is 0 Å². The largest absolute Gasteiger partial charge is 0.321 e. The van der Waals surface area contributed by atoms with Gasteiger partial charge in [0, 0.05) is 12.4 Å². The number of imidazole rings is 1. The number of hydrogen-bond acceptors (Lipinski definition) is 4.